The topological polar surface area (TPSA) is 55.8 Å². The molecular formula is C29H35N3O2. The molecule has 1 saturated carbocycles. The molecule has 178 valence electrons. The SMILES string of the molecule is C/C=C\C(=C/C)Nc1ccc2c(c1)C(=O)N(CC(O)CN1CCc3ccccc3C1)CC21CC1. The van der Waals surface area contributed by atoms with E-state index in [1.165, 1.54) is 16.7 Å². The predicted octanol–water partition coefficient (Wildman–Crippen LogP) is 4.49. The van der Waals surface area contributed by atoms with Gasteiger partial charge in [-0.2, -0.15) is 0 Å². The average molecular weight is 458 g/mol. The Kier molecular flexibility index (Phi) is 6.32. The number of β-amino-alcohol motifs (C(OH)–C–C–N with tert-alkyl or cyclic N) is 1. The second kappa shape index (κ2) is 9.40. The number of anilines is 1. The van der Waals surface area contributed by atoms with Gasteiger partial charge in [-0.1, -0.05) is 42.5 Å². The first kappa shape index (κ1) is 22.9. The third kappa shape index (κ3) is 4.55. The van der Waals surface area contributed by atoms with Gasteiger partial charge in [0, 0.05) is 55.1 Å². The van der Waals surface area contributed by atoms with Crippen LogP contribution in [0.5, 0.6) is 0 Å². The molecular weight excluding hydrogens is 422 g/mol. The van der Waals surface area contributed by atoms with E-state index in [9.17, 15) is 9.90 Å². The monoisotopic (exact) mass is 457 g/mol. The van der Waals surface area contributed by atoms with E-state index in [-0.39, 0.29) is 11.3 Å². The van der Waals surface area contributed by atoms with E-state index in [0.29, 0.717) is 19.6 Å². The minimum atomic E-state index is -0.558. The maximum Gasteiger partial charge on any atom is 0.254 e. The summed E-state index contributed by atoms with van der Waals surface area (Å²) in [5.74, 6) is 0.0345. The first-order valence-corrected chi connectivity index (χ1v) is 12.5. The molecule has 34 heavy (non-hydrogen) atoms. The molecule has 0 bridgehead atoms. The van der Waals surface area contributed by atoms with E-state index < -0.39 is 6.10 Å². The fraction of sp³-hybridized carbons (Fsp3) is 0.414. The van der Waals surface area contributed by atoms with Gasteiger partial charge in [0.2, 0.25) is 0 Å². The molecule has 1 spiro atoms. The summed E-state index contributed by atoms with van der Waals surface area (Å²) in [5.41, 5.74) is 6.70. The highest BCUT2D eigenvalue weighted by molar-refractivity contribution is 5.99. The summed E-state index contributed by atoms with van der Waals surface area (Å²) >= 11 is 0. The fourth-order valence-corrected chi connectivity index (χ4v) is 5.56. The van der Waals surface area contributed by atoms with Crippen molar-refractivity contribution in [1.29, 1.82) is 0 Å². The average Bonchev–Trinajstić information content (AvgIpc) is 3.62. The van der Waals surface area contributed by atoms with Gasteiger partial charge in [-0.25, -0.2) is 0 Å². The van der Waals surface area contributed by atoms with Crippen molar-refractivity contribution in [3.63, 3.8) is 0 Å². The molecule has 5 nitrogen and oxygen atoms in total. The minimum absolute atomic E-state index is 0.0345. The standard InChI is InChI=1S/C29H35N3O2/c1-3-7-23(4-2)30-24-10-11-27-26(16-24)28(34)32(20-29(27)13-14-29)19-25(33)18-31-15-12-21-8-5-6-9-22(21)17-31/h3-11,16,25,30,33H,12-15,17-20H2,1-2H3/b7-3-,23-4+. The number of nitrogens with zero attached hydrogens (tertiary/aromatic N) is 2. The molecule has 1 amide bonds. The number of rotatable bonds is 7. The van der Waals surface area contributed by atoms with Crippen LogP contribution in [0.1, 0.15) is 53.7 Å². The van der Waals surface area contributed by atoms with Crippen molar-refractivity contribution >= 4 is 11.6 Å². The Morgan fingerprint density at radius 3 is 2.68 bits per heavy atom. The summed E-state index contributed by atoms with van der Waals surface area (Å²) in [4.78, 5) is 17.7. The number of nitrogens with one attached hydrogen (secondary N) is 1. The minimum Gasteiger partial charge on any atom is -0.390 e. The summed E-state index contributed by atoms with van der Waals surface area (Å²) in [5, 5.41) is 14.4. The van der Waals surface area contributed by atoms with Crippen LogP contribution < -0.4 is 5.32 Å². The molecule has 2 aromatic rings. The van der Waals surface area contributed by atoms with E-state index in [1.807, 2.05) is 43.0 Å². The number of amides is 1. The third-order valence-corrected chi connectivity index (χ3v) is 7.51. The van der Waals surface area contributed by atoms with Gasteiger partial charge in [-0.15, -0.1) is 0 Å². The lowest BCUT2D eigenvalue weighted by Gasteiger charge is -2.37. The molecule has 1 fully saturated rings. The Bertz CT molecular complexity index is 1130. The van der Waals surface area contributed by atoms with Gasteiger partial charge >= 0.3 is 0 Å². The number of aliphatic hydroxyl groups is 1. The Morgan fingerprint density at radius 2 is 1.94 bits per heavy atom. The van der Waals surface area contributed by atoms with Crippen LogP contribution >= 0.6 is 0 Å². The molecule has 2 aliphatic heterocycles. The maximum atomic E-state index is 13.5. The molecule has 3 aliphatic rings. The van der Waals surface area contributed by atoms with Gasteiger partial charge in [0.1, 0.15) is 0 Å². The van der Waals surface area contributed by atoms with Crippen LogP contribution in [-0.2, 0) is 18.4 Å². The van der Waals surface area contributed by atoms with Crippen LogP contribution in [0, 0.1) is 0 Å². The highest BCUT2D eigenvalue weighted by Crippen LogP contribution is 2.52. The molecule has 1 unspecified atom stereocenters. The number of carbonyl (C=O) groups is 1. The van der Waals surface area contributed by atoms with Crippen molar-refractivity contribution in [3.05, 3.63) is 88.6 Å². The predicted molar refractivity (Wildman–Crippen MR) is 137 cm³/mol. The van der Waals surface area contributed by atoms with Gasteiger partial charge in [0.25, 0.3) is 5.91 Å². The molecule has 0 aromatic heterocycles. The van der Waals surface area contributed by atoms with Crippen LogP contribution in [0.2, 0.25) is 0 Å². The third-order valence-electron chi connectivity index (χ3n) is 7.51. The Hall–Kier alpha value is -2.89. The first-order chi connectivity index (χ1) is 16.5. The zero-order valence-corrected chi connectivity index (χ0v) is 20.3. The van der Waals surface area contributed by atoms with Gasteiger partial charge < -0.3 is 15.3 Å². The second-order valence-electron chi connectivity index (χ2n) is 10.0. The van der Waals surface area contributed by atoms with Gasteiger partial charge in [-0.05, 0) is 68.0 Å². The van der Waals surface area contributed by atoms with E-state index in [2.05, 4.69) is 46.6 Å². The number of hydrogen-bond acceptors (Lipinski definition) is 4. The molecule has 5 heteroatoms. The van der Waals surface area contributed by atoms with Crippen molar-refractivity contribution < 1.29 is 9.90 Å². The zero-order chi connectivity index (χ0) is 23.7. The van der Waals surface area contributed by atoms with Gasteiger partial charge in [-0.3, -0.25) is 9.69 Å². The largest absolute Gasteiger partial charge is 0.390 e. The van der Waals surface area contributed by atoms with Crippen LogP contribution in [0.3, 0.4) is 0 Å². The van der Waals surface area contributed by atoms with Crippen LogP contribution in [0.25, 0.3) is 0 Å². The van der Waals surface area contributed by atoms with E-state index in [4.69, 9.17) is 0 Å². The highest BCUT2D eigenvalue weighted by atomic mass is 16.3. The first-order valence-electron chi connectivity index (χ1n) is 12.5. The molecule has 2 N–H and O–H groups in total. The number of fused-ring (bicyclic) bond motifs is 3. The molecule has 1 atom stereocenters. The number of hydrogen-bond donors (Lipinski definition) is 2. The zero-order valence-electron chi connectivity index (χ0n) is 20.3. The summed E-state index contributed by atoms with van der Waals surface area (Å²) in [7, 11) is 0. The van der Waals surface area contributed by atoms with Crippen LogP contribution in [0.15, 0.2) is 66.4 Å². The second-order valence-corrected chi connectivity index (χ2v) is 10.0. The molecule has 0 saturated heterocycles. The molecule has 0 radical (unpaired) electrons. The van der Waals surface area contributed by atoms with Crippen molar-refractivity contribution in [1.82, 2.24) is 9.80 Å². The lowest BCUT2D eigenvalue weighted by atomic mass is 9.86. The van der Waals surface area contributed by atoms with E-state index >= 15 is 0 Å². The van der Waals surface area contributed by atoms with Gasteiger partial charge in [0.15, 0.2) is 0 Å². The summed E-state index contributed by atoms with van der Waals surface area (Å²) < 4.78 is 0. The number of carbonyl (C=O) groups excluding carboxylic acids is 1. The fourth-order valence-electron chi connectivity index (χ4n) is 5.56. The quantitative estimate of drug-likeness (QED) is 0.602. The summed E-state index contributed by atoms with van der Waals surface area (Å²) in [6.45, 7) is 7.48. The van der Waals surface area contributed by atoms with Crippen molar-refractivity contribution in [2.45, 2.75) is 51.2 Å². The Labute approximate surface area is 202 Å². The van der Waals surface area contributed by atoms with Crippen LogP contribution in [0.4, 0.5) is 5.69 Å². The van der Waals surface area contributed by atoms with Crippen molar-refractivity contribution in [2.75, 3.05) is 31.5 Å². The van der Waals surface area contributed by atoms with E-state index in [0.717, 1.165) is 49.3 Å². The Morgan fingerprint density at radius 1 is 1.15 bits per heavy atom. The molecule has 5 rings (SSSR count). The van der Waals surface area contributed by atoms with Crippen molar-refractivity contribution in [2.24, 2.45) is 0 Å². The van der Waals surface area contributed by atoms with Crippen LogP contribution in [-0.4, -0.2) is 53.1 Å². The number of aliphatic hydroxyl groups excluding tert-OH is 1. The normalized spacial score (nSPS) is 20.4. The Balaban J connectivity index is 1.28. The lowest BCUT2D eigenvalue weighted by molar-refractivity contribution is 0.0459. The summed E-state index contributed by atoms with van der Waals surface area (Å²) in [6, 6.07) is 14.8. The number of allylic oxidation sites excluding steroid dienone is 3. The smallest absolute Gasteiger partial charge is 0.254 e. The lowest BCUT2D eigenvalue weighted by Crippen LogP contribution is -2.49. The summed E-state index contributed by atoms with van der Waals surface area (Å²) in [6.07, 6.45) is 8.70. The molecule has 2 aromatic carbocycles. The van der Waals surface area contributed by atoms with Gasteiger partial charge in [0.05, 0.1) is 6.10 Å². The number of benzene rings is 2. The molecule has 2 heterocycles. The van der Waals surface area contributed by atoms with Crippen molar-refractivity contribution in [3.8, 4) is 0 Å². The highest BCUT2D eigenvalue weighted by Gasteiger charge is 2.51. The maximum absolute atomic E-state index is 13.5. The van der Waals surface area contributed by atoms with E-state index in [1.54, 1.807) is 0 Å². The molecule has 1 aliphatic carbocycles.